The fraction of sp³-hybridized carbons (Fsp3) is 0.786. The summed E-state index contributed by atoms with van der Waals surface area (Å²) in [5.74, 6) is 1.13. The zero-order valence-electron chi connectivity index (χ0n) is 12.6. The van der Waals surface area contributed by atoms with Crippen LogP contribution in [0.5, 0.6) is 0 Å². The van der Waals surface area contributed by atoms with Gasteiger partial charge in [-0.2, -0.15) is 13.2 Å². The van der Waals surface area contributed by atoms with Crippen LogP contribution in [0.15, 0.2) is 6.20 Å². The smallest absolute Gasteiger partial charge is 0.337 e. The van der Waals surface area contributed by atoms with Crippen molar-refractivity contribution in [3.8, 4) is 0 Å². The van der Waals surface area contributed by atoms with Crippen molar-refractivity contribution in [3.63, 3.8) is 0 Å². The molecule has 1 aromatic rings. The van der Waals surface area contributed by atoms with Crippen LogP contribution in [0.2, 0.25) is 0 Å². The summed E-state index contributed by atoms with van der Waals surface area (Å²) < 4.78 is 37.5. The van der Waals surface area contributed by atoms with Crippen LogP contribution in [0.4, 0.5) is 13.2 Å². The van der Waals surface area contributed by atoms with Gasteiger partial charge < -0.3 is 9.88 Å². The summed E-state index contributed by atoms with van der Waals surface area (Å²) in [5.41, 5.74) is -0.765. The van der Waals surface area contributed by atoms with Crippen LogP contribution >= 0.6 is 0 Å². The van der Waals surface area contributed by atoms with E-state index in [1.807, 2.05) is 0 Å². The molecule has 0 saturated carbocycles. The van der Waals surface area contributed by atoms with Crippen molar-refractivity contribution in [2.75, 3.05) is 33.7 Å². The third-order valence-corrected chi connectivity index (χ3v) is 4.00. The number of aromatic nitrogens is 2. The minimum Gasteiger partial charge on any atom is -0.337 e. The molecule has 1 aliphatic rings. The van der Waals surface area contributed by atoms with Crippen molar-refractivity contribution >= 4 is 0 Å². The summed E-state index contributed by atoms with van der Waals surface area (Å²) in [6, 6.07) is 0. The van der Waals surface area contributed by atoms with E-state index < -0.39 is 11.9 Å². The molecular weight excluding hydrogens is 281 g/mol. The Kier molecular flexibility index (Phi) is 5.27. The average molecular weight is 304 g/mol. The Morgan fingerprint density at radius 2 is 2.00 bits per heavy atom. The van der Waals surface area contributed by atoms with E-state index in [-0.39, 0.29) is 0 Å². The molecule has 1 saturated heterocycles. The quantitative estimate of drug-likeness (QED) is 0.908. The maximum atomic E-state index is 12.5. The first-order chi connectivity index (χ1) is 9.84. The molecular formula is C14H23F3N4. The zero-order chi connectivity index (χ0) is 15.5. The lowest BCUT2D eigenvalue weighted by atomic mass is 9.93. The van der Waals surface area contributed by atoms with Gasteiger partial charge in [0, 0.05) is 0 Å². The first-order valence-electron chi connectivity index (χ1n) is 7.33. The van der Waals surface area contributed by atoms with Crippen molar-refractivity contribution in [1.29, 1.82) is 0 Å². The molecule has 4 nitrogen and oxygen atoms in total. The molecule has 1 fully saturated rings. The predicted octanol–water partition coefficient (Wildman–Crippen LogP) is 2.59. The van der Waals surface area contributed by atoms with Gasteiger partial charge in [-0.1, -0.05) is 0 Å². The second kappa shape index (κ2) is 6.79. The number of hydrogen-bond acceptors (Lipinski definition) is 3. The van der Waals surface area contributed by atoms with Gasteiger partial charge in [0.25, 0.3) is 0 Å². The number of piperidine rings is 1. The molecule has 1 aliphatic heterocycles. The van der Waals surface area contributed by atoms with Crippen LogP contribution in [-0.2, 0) is 12.7 Å². The first-order valence-corrected chi connectivity index (χ1v) is 7.33. The van der Waals surface area contributed by atoms with Gasteiger partial charge in [-0.05, 0) is 58.9 Å². The number of H-pyrrole nitrogens is 1. The molecule has 7 heteroatoms. The van der Waals surface area contributed by atoms with Crippen LogP contribution in [0, 0.1) is 5.92 Å². The van der Waals surface area contributed by atoms with E-state index >= 15 is 0 Å². The molecule has 21 heavy (non-hydrogen) atoms. The van der Waals surface area contributed by atoms with Gasteiger partial charge in [0.15, 0.2) is 0 Å². The van der Waals surface area contributed by atoms with Gasteiger partial charge >= 0.3 is 6.18 Å². The monoisotopic (exact) mass is 304 g/mol. The molecule has 1 N–H and O–H groups in total. The Labute approximate surface area is 123 Å². The summed E-state index contributed by atoms with van der Waals surface area (Å²) in [6.45, 7) is 3.43. The minimum atomic E-state index is -4.34. The van der Waals surface area contributed by atoms with Crippen molar-refractivity contribution in [1.82, 2.24) is 19.8 Å². The van der Waals surface area contributed by atoms with Gasteiger partial charge in [-0.25, -0.2) is 4.98 Å². The Morgan fingerprint density at radius 1 is 1.33 bits per heavy atom. The largest absolute Gasteiger partial charge is 0.432 e. The molecule has 120 valence electrons. The predicted molar refractivity (Wildman–Crippen MR) is 74.8 cm³/mol. The molecule has 0 aromatic carbocycles. The molecule has 2 heterocycles. The second-order valence-corrected chi connectivity index (χ2v) is 6.05. The SMILES string of the molecule is CN(C)CCC1CCN(Cc2ncc(C(F)(F)F)[nH]2)CC1. The lowest BCUT2D eigenvalue weighted by molar-refractivity contribution is -0.141. The first kappa shape index (κ1) is 16.3. The molecule has 0 amide bonds. The Balaban J connectivity index is 1.77. The summed E-state index contributed by atoms with van der Waals surface area (Å²) in [4.78, 5) is 10.6. The van der Waals surface area contributed by atoms with Crippen molar-refractivity contribution in [2.45, 2.75) is 32.0 Å². The number of nitrogens with one attached hydrogen (secondary N) is 1. The average Bonchev–Trinajstić information content (AvgIpc) is 2.86. The molecule has 0 atom stereocenters. The maximum absolute atomic E-state index is 12.5. The van der Waals surface area contributed by atoms with E-state index in [1.165, 1.54) is 6.42 Å². The van der Waals surface area contributed by atoms with Gasteiger partial charge in [-0.15, -0.1) is 0 Å². The number of hydrogen-bond donors (Lipinski definition) is 1. The highest BCUT2D eigenvalue weighted by Gasteiger charge is 2.33. The normalized spacial score (nSPS) is 18.6. The van der Waals surface area contributed by atoms with Crippen LogP contribution in [0.25, 0.3) is 0 Å². The van der Waals surface area contributed by atoms with Crippen LogP contribution in [-0.4, -0.2) is 53.5 Å². The van der Waals surface area contributed by atoms with Gasteiger partial charge in [-0.3, -0.25) is 4.90 Å². The van der Waals surface area contributed by atoms with Crippen LogP contribution in [0.1, 0.15) is 30.8 Å². The number of alkyl halides is 3. The highest BCUT2D eigenvalue weighted by Crippen LogP contribution is 2.28. The van der Waals surface area contributed by atoms with E-state index in [9.17, 15) is 13.2 Å². The zero-order valence-corrected chi connectivity index (χ0v) is 12.6. The second-order valence-electron chi connectivity index (χ2n) is 6.05. The lowest BCUT2D eigenvalue weighted by Crippen LogP contribution is -2.34. The number of aromatic amines is 1. The minimum absolute atomic E-state index is 0.397. The lowest BCUT2D eigenvalue weighted by Gasteiger charge is -2.31. The van der Waals surface area contributed by atoms with Crippen molar-refractivity contribution < 1.29 is 13.2 Å². The number of halogens is 3. The Hall–Kier alpha value is -1.08. The third kappa shape index (κ3) is 5.00. The highest BCUT2D eigenvalue weighted by atomic mass is 19.4. The summed E-state index contributed by atoms with van der Waals surface area (Å²) >= 11 is 0. The van der Waals surface area contributed by atoms with Gasteiger partial charge in [0.2, 0.25) is 0 Å². The van der Waals surface area contributed by atoms with Crippen LogP contribution < -0.4 is 0 Å². The van der Waals surface area contributed by atoms with Crippen molar-refractivity contribution in [3.05, 3.63) is 17.7 Å². The molecule has 2 rings (SSSR count). The summed E-state index contributed by atoms with van der Waals surface area (Å²) in [6.07, 6.45) is -0.0508. The number of imidazole rings is 1. The number of rotatable bonds is 5. The van der Waals surface area contributed by atoms with E-state index in [1.54, 1.807) is 0 Å². The van der Waals surface area contributed by atoms with E-state index in [2.05, 4.69) is 33.9 Å². The molecule has 0 bridgehead atoms. The van der Waals surface area contributed by atoms with Crippen LogP contribution in [0.3, 0.4) is 0 Å². The number of likely N-dealkylation sites (tertiary alicyclic amines) is 1. The van der Waals surface area contributed by atoms with E-state index in [4.69, 9.17) is 0 Å². The highest BCUT2D eigenvalue weighted by molar-refractivity contribution is 5.05. The van der Waals surface area contributed by atoms with Gasteiger partial charge in [0.05, 0.1) is 12.7 Å². The summed E-state index contributed by atoms with van der Waals surface area (Å²) in [5, 5.41) is 0. The molecule has 0 spiro atoms. The number of nitrogens with zero attached hydrogens (tertiary/aromatic N) is 3. The fourth-order valence-electron chi connectivity index (χ4n) is 2.67. The molecule has 0 radical (unpaired) electrons. The molecule has 1 aromatic heterocycles. The van der Waals surface area contributed by atoms with E-state index in [0.717, 1.165) is 44.6 Å². The Bertz CT molecular complexity index is 434. The van der Waals surface area contributed by atoms with Gasteiger partial charge in [0.1, 0.15) is 11.5 Å². The Morgan fingerprint density at radius 3 is 2.52 bits per heavy atom. The maximum Gasteiger partial charge on any atom is 0.432 e. The fourth-order valence-corrected chi connectivity index (χ4v) is 2.67. The van der Waals surface area contributed by atoms with E-state index in [0.29, 0.717) is 12.4 Å². The summed E-state index contributed by atoms with van der Waals surface area (Å²) in [7, 11) is 4.15. The third-order valence-electron chi connectivity index (χ3n) is 4.00. The standard InChI is InChI=1S/C14H23F3N4/c1-20(2)6-3-11-4-7-21(8-5-11)10-13-18-9-12(19-13)14(15,16)17/h9,11H,3-8,10H2,1-2H3,(H,18,19). The molecule has 0 unspecified atom stereocenters. The molecule has 0 aliphatic carbocycles. The van der Waals surface area contributed by atoms with Crippen molar-refractivity contribution in [2.24, 2.45) is 5.92 Å². The topological polar surface area (TPSA) is 35.2 Å².